The van der Waals surface area contributed by atoms with Crippen molar-refractivity contribution in [3.8, 4) is 0 Å². The van der Waals surface area contributed by atoms with Crippen LogP contribution >= 0.6 is 0 Å². The van der Waals surface area contributed by atoms with Crippen molar-refractivity contribution in [2.75, 3.05) is 5.75 Å². The molecule has 0 aliphatic heterocycles. The first-order valence-corrected chi connectivity index (χ1v) is 11.6. The van der Waals surface area contributed by atoms with Crippen LogP contribution in [0.3, 0.4) is 0 Å². The van der Waals surface area contributed by atoms with Crippen molar-refractivity contribution < 1.29 is 30.9 Å². The van der Waals surface area contributed by atoms with Gasteiger partial charge in [0, 0.05) is 11.4 Å². The molecule has 0 bridgehead atoms. The first kappa shape index (κ1) is 26.2. The quantitative estimate of drug-likeness (QED) is 0.528. The Hall–Kier alpha value is -1.75. The molecule has 0 unspecified atom stereocenters. The van der Waals surface area contributed by atoms with Gasteiger partial charge in [0.25, 0.3) is 0 Å². The molecule has 2 N–H and O–H groups in total. The third-order valence-corrected chi connectivity index (χ3v) is 5.29. The van der Waals surface area contributed by atoms with E-state index in [1.807, 2.05) is 6.92 Å². The molecule has 0 radical (unpaired) electrons. The fraction of sp³-hybridized carbons (Fsp3) is 0.500. The van der Waals surface area contributed by atoms with E-state index in [0.29, 0.717) is 0 Å². The highest BCUT2D eigenvalue weighted by molar-refractivity contribution is 7.94. The molecule has 0 spiro atoms. The van der Waals surface area contributed by atoms with Crippen molar-refractivity contribution in [2.45, 2.75) is 57.6 Å². The molecule has 0 saturated carbocycles. The lowest BCUT2D eigenvalue weighted by atomic mass is 10.2. The van der Waals surface area contributed by atoms with Gasteiger partial charge < -0.3 is 15.0 Å². The van der Waals surface area contributed by atoms with Crippen molar-refractivity contribution in [3.63, 3.8) is 0 Å². The van der Waals surface area contributed by atoms with Crippen molar-refractivity contribution in [1.82, 2.24) is 0 Å². The number of carbonyl (C=O) groups excluding carboxylic acids is 1. The summed E-state index contributed by atoms with van der Waals surface area (Å²) in [5.41, 5.74) is 5.97. The van der Waals surface area contributed by atoms with E-state index in [-0.39, 0.29) is 17.1 Å². The van der Waals surface area contributed by atoms with Gasteiger partial charge in [0.05, 0.1) is 17.1 Å². The molecule has 1 aromatic carbocycles. The second kappa shape index (κ2) is 10.7. The van der Waals surface area contributed by atoms with Gasteiger partial charge >= 0.3 is 5.97 Å². The molecule has 0 aliphatic rings. The van der Waals surface area contributed by atoms with Gasteiger partial charge in [-0.25, -0.2) is 16.8 Å². The summed E-state index contributed by atoms with van der Waals surface area (Å²) in [6, 6.07) is 5.14. The molecular formula is C18H28NO7S2-. The Morgan fingerprint density at radius 1 is 1.18 bits per heavy atom. The third kappa shape index (κ3) is 12.6. The Labute approximate surface area is 167 Å². The van der Waals surface area contributed by atoms with E-state index >= 15 is 0 Å². The molecule has 0 saturated heterocycles. The van der Waals surface area contributed by atoms with Crippen LogP contribution in [0.1, 0.15) is 39.7 Å². The normalized spacial score (nSPS) is 13.5. The highest BCUT2D eigenvalue weighted by Crippen LogP contribution is 2.09. The Kier molecular flexibility index (Phi) is 10.0. The number of esters is 1. The average Bonchev–Trinajstić information content (AvgIpc) is 2.51. The van der Waals surface area contributed by atoms with Crippen LogP contribution in [0.2, 0.25) is 0 Å². The first-order chi connectivity index (χ1) is 12.6. The lowest BCUT2D eigenvalue weighted by Gasteiger charge is -2.20. The lowest BCUT2D eigenvalue weighted by Crippen LogP contribution is -2.29. The van der Waals surface area contributed by atoms with Gasteiger partial charge in [0.15, 0.2) is 9.84 Å². The number of benzene rings is 1. The summed E-state index contributed by atoms with van der Waals surface area (Å²) in [5.74, 6) is -0.425. The van der Waals surface area contributed by atoms with Crippen LogP contribution in [0.25, 0.3) is 0 Å². The summed E-state index contributed by atoms with van der Waals surface area (Å²) in [4.78, 5) is 11.2. The summed E-state index contributed by atoms with van der Waals surface area (Å²) in [5, 5.41) is 1.04. The van der Waals surface area contributed by atoms with Gasteiger partial charge in [-0.3, -0.25) is 4.79 Å². The first-order valence-electron chi connectivity index (χ1n) is 8.46. The maximum atomic E-state index is 11.4. The molecule has 8 nitrogen and oxygen atoms in total. The highest BCUT2D eigenvalue weighted by Gasteiger charge is 2.17. The van der Waals surface area contributed by atoms with Gasteiger partial charge in [0.2, 0.25) is 0 Å². The standard InChI is InChI=1S/C11H21NO4S.C7H8O3S/c1-5-17(14,15)7-6-9(12)8-10(13)16-11(2,3)4;1-6-2-4-7(5-3-6)11(8,9)10/h6-7,9H,5,8,12H2,1-4H3;2-5H,1H3,(H,8,9,10)/p-1/b7-6+;/t9-;/m1./s1. The molecule has 0 aliphatic carbocycles. The van der Waals surface area contributed by atoms with E-state index in [4.69, 9.17) is 10.5 Å². The third-order valence-electron chi connectivity index (χ3n) is 3.07. The molecule has 160 valence electrons. The Bertz CT molecular complexity index is 866. The highest BCUT2D eigenvalue weighted by atomic mass is 32.2. The molecule has 0 fully saturated rings. The van der Waals surface area contributed by atoms with Crippen LogP contribution in [0.15, 0.2) is 40.6 Å². The number of aryl methyl sites for hydroxylation is 1. The maximum Gasteiger partial charge on any atom is 0.308 e. The smallest absolute Gasteiger partial charge is 0.308 e. The van der Waals surface area contributed by atoms with Crippen LogP contribution in [0, 0.1) is 6.92 Å². The number of hydrogen-bond acceptors (Lipinski definition) is 8. The van der Waals surface area contributed by atoms with Crippen molar-refractivity contribution in [1.29, 1.82) is 0 Å². The molecule has 0 aromatic heterocycles. The Morgan fingerprint density at radius 2 is 1.68 bits per heavy atom. The van der Waals surface area contributed by atoms with Gasteiger partial charge in [0.1, 0.15) is 15.7 Å². The van der Waals surface area contributed by atoms with Crippen LogP contribution in [0.5, 0.6) is 0 Å². The SMILES string of the molecule is CCS(=O)(=O)/C=C/[C@@H](N)CC(=O)OC(C)(C)C.Cc1ccc(S(=O)(=O)[O-])cc1. The van der Waals surface area contributed by atoms with Crippen molar-refractivity contribution >= 4 is 25.9 Å². The zero-order valence-electron chi connectivity index (χ0n) is 16.7. The molecule has 1 rings (SSSR count). The summed E-state index contributed by atoms with van der Waals surface area (Å²) in [6.45, 7) is 8.63. The van der Waals surface area contributed by atoms with Crippen LogP contribution in [0.4, 0.5) is 0 Å². The number of nitrogens with two attached hydrogens (primary N) is 1. The topological polar surface area (TPSA) is 144 Å². The monoisotopic (exact) mass is 434 g/mol. The zero-order chi connectivity index (χ0) is 22.2. The number of sulfone groups is 1. The molecule has 28 heavy (non-hydrogen) atoms. The number of rotatable bonds is 6. The van der Waals surface area contributed by atoms with Crippen LogP contribution in [-0.4, -0.2) is 44.8 Å². The fourth-order valence-electron chi connectivity index (χ4n) is 1.67. The Morgan fingerprint density at radius 3 is 2.07 bits per heavy atom. The molecule has 1 atom stereocenters. The van der Waals surface area contributed by atoms with E-state index in [1.54, 1.807) is 39.8 Å². The zero-order valence-corrected chi connectivity index (χ0v) is 18.3. The molecule has 0 heterocycles. The van der Waals surface area contributed by atoms with Gasteiger partial charge in [-0.05, 0) is 39.8 Å². The minimum atomic E-state index is -4.27. The summed E-state index contributed by atoms with van der Waals surface area (Å²) < 4.78 is 58.5. The van der Waals surface area contributed by atoms with Gasteiger partial charge in [-0.2, -0.15) is 0 Å². The van der Waals surface area contributed by atoms with E-state index < -0.39 is 37.6 Å². The average molecular weight is 435 g/mol. The minimum Gasteiger partial charge on any atom is -0.744 e. The number of ether oxygens (including phenoxy) is 1. The predicted octanol–water partition coefficient (Wildman–Crippen LogP) is 1.89. The maximum absolute atomic E-state index is 11.4. The van der Waals surface area contributed by atoms with Crippen LogP contribution in [-0.2, 0) is 29.5 Å². The Balaban J connectivity index is 0.000000567. The van der Waals surface area contributed by atoms with E-state index in [0.717, 1.165) is 11.0 Å². The summed E-state index contributed by atoms with van der Waals surface area (Å²) in [7, 11) is -7.47. The fourth-order valence-corrected chi connectivity index (χ4v) is 2.77. The minimum absolute atomic E-state index is 0.0165. The van der Waals surface area contributed by atoms with E-state index in [1.165, 1.54) is 18.2 Å². The van der Waals surface area contributed by atoms with Crippen molar-refractivity contribution in [2.24, 2.45) is 5.73 Å². The predicted molar refractivity (Wildman–Crippen MR) is 106 cm³/mol. The van der Waals surface area contributed by atoms with E-state index in [2.05, 4.69) is 0 Å². The number of hydrogen-bond donors (Lipinski definition) is 1. The molecule has 0 amide bonds. The summed E-state index contributed by atoms with van der Waals surface area (Å²) >= 11 is 0. The number of carbonyl (C=O) groups is 1. The van der Waals surface area contributed by atoms with Gasteiger partial charge in [-0.1, -0.05) is 30.7 Å². The summed E-state index contributed by atoms with van der Waals surface area (Å²) in [6.07, 6.45) is 1.27. The lowest BCUT2D eigenvalue weighted by molar-refractivity contribution is -0.154. The van der Waals surface area contributed by atoms with Crippen molar-refractivity contribution in [3.05, 3.63) is 41.3 Å². The van der Waals surface area contributed by atoms with Gasteiger partial charge in [-0.15, -0.1) is 0 Å². The van der Waals surface area contributed by atoms with Crippen LogP contribution < -0.4 is 5.73 Å². The second-order valence-corrected chi connectivity index (χ2v) is 10.6. The molecule has 10 heteroatoms. The molecular weight excluding hydrogens is 406 g/mol. The van der Waals surface area contributed by atoms with E-state index in [9.17, 15) is 26.2 Å². The molecule has 1 aromatic rings. The largest absolute Gasteiger partial charge is 0.744 e. The second-order valence-electron chi connectivity index (χ2n) is 7.00.